The largest absolute Gasteiger partial charge is 0.508 e. The van der Waals surface area contributed by atoms with E-state index in [9.17, 15) is 24.6 Å². The number of carboxylic acid groups (broad SMARTS) is 1. The Morgan fingerprint density at radius 1 is 1.16 bits per heavy atom. The normalized spacial score (nSPS) is 24.7. The minimum absolute atomic E-state index is 0.0369. The summed E-state index contributed by atoms with van der Waals surface area (Å²) in [6.45, 7) is 0.328. The number of anilines is 1. The molecule has 1 aromatic carbocycles. The number of pyridine rings is 1. The molecule has 4 heterocycles. The fraction of sp³-hybridized carbons (Fsp3) is 0.273. The van der Waals surface area contributed by atoms with Crippen molar-refractivity contribution in [1.82, 2.24) is 14.8 Å². The van der Waals surface area contributed by atoms with Crippen LogP contribution in [0.5, 0.6) is 5.75 Å². The van der Waals surface area contributed by atoms with Crippen molar-refractivity contribution >= 4 is 36.2 Å². The molecule has 3 aliphatic heterocycles. The highest BCUT2D eigenvalue weighted by Gasteiger charge is 2.64. The average molecular weight is 452 g/mol. The second kappa shape index (κ2) is 7.56. The summed E-state index contributed by atoms with van der Waals surface area (Å²) in [5.74, 6) is -1.58. The number of aromatic nitrogens is 1. The van der Waals surface area contributed by atoms with Crippen molar-refractivity contribution in [2.24, 2.45) is 5.92 Å². The standard InChI is InChI=1S/C22H20N4O5S/c27-14-3-1-13(2-4-14)24-22(31)25-10-12-9-15(19(32)11-5-7-23-8-6-11)17(21(29)30)26-16(12)18(25)20(26)28/h1-8,12,16,18-19,27,32H,9-10H2,(H,24,31)(H,29,30)/t12-,16-,18+,19?/m1/s1. The van der Waals surface area contributed by atoms with Gasteiger partial charge in [0.2, 0.25) is 0 Å². The zero-order valence-corrected chi connectivity index (χ0v) is 17.6. The molecule has 3 aliphatic rings. The number of carbonyl (C=O) groups excluding carboxylic acids is 2. The number of phenols is 1. The van der Waals surface area contributed by atoms with Gasteiger partial charge < -0.3 is 20.4 Å². The summed E-state index contributed by atoms with van der Waals surface area (Å²) in [4.78, 5) is 44.9. The lowest BCUT2D eigenvalue weighted by Crippen LogP contribution is -2.69. The molecule has 1 aromatic heterocycles. The molecule has 32 heavy (non-hydrogen) atoms. The predicted molar refractivity (Wildman–Crippen MR) is 117 cm³/mol. The maximum absolute atomic E-state index is 13.0. The molecule has 5 rings (SSSR count). The lowest BCUT2D eigenvalue weighted by atomic mass is 9.78. The van der Waals surface area contributed by atoms with E-state index in [1.54, 1.807) is 36.7 Å². The number of amides is 3. The number of phenolic OH excluding ortho intramolecular Hbond substituents is 1. The molecule has 0 bridgehead atoms. The van der Waals surface area contributed by atoms with Crippen LogP contribution in [0.1, 0.15) is 17.2 Å². The highest BCUT2D eigenvalue weighted by Crippen LogP contribution is 2.50. The zero-order valence-electron chi connectivity index (χ0n) is 16.8. The molecule has 0 saturated carbocycles. The maximum Gasteiger partial charge on any atom is 0.352 e. The molecule has 4 atom stereocenters. The van der Waals surface area contributed by atoms with E-state index >= 15 is 0 Å². The number of nitrogens with zero attached hydrogens (tertiary/aromatic N) is 3. The molecule has 9 nitrogen and oxygen atoms in total. The number of hydrogen-bond donors (Lipinski definition) is 4. The molecule has 0 aliphatic carbocycles. The van der Waals surface area contributed by atoms with Crippen LogP contribution in [0.25, 0.3) is 0 Å². The number of nitrogens with one attached hydrogen (secondary N) is 1. The zero-order chi connectivity index (χ0) is 22.6. The number of β-lactam (4-membered cyclic amide) rings is 1. The van der Waals surface area contributed by atoms with Gasteiger partial charge in [-0.1, -0.05) is 0 Å². The number of carboxylic acids is 1. The first kappa shape index (κ1) is 20.4. The maximum atomic E-state index is 13.0. The van der Waals surface area contributed by atoms with Gasteiger partial charge in [-0.3, -0.25) is 14.7 Å². The van der Waals surface area contributed by atoms with E-state index in [1.807, 2.05) is 0 Å². The van der Waals surface area contributed by atoms with Gasteiger partial charge in [0.15, 0.2) is 0 Å². The molecule has 10 heteroatoms. The van der Waals surface area contributed by atoms with E-state index in [0.29, 0.717) is 24.2 Å². The first-order chi connectivity index (χ1) is 15.4. The predicted octanol–water partition coefficient (Wildman–Crippen LogP) is 2.24. The van der Waals surface area contributed by atoms with E-state index in [4.69, 9.17) is 0 Å². The average Bonchev–Trinajstić information content (AvgIpc) is 3.16. The van der Waals surface area contributed by atoms with Crippen LogP contribution >= 0.6 is 12.6 Å². The third kappa shape index (κ3) is 3.10. The molecule has 0 radical (unpaired) electrons. The van der Waals surface area contributed by atoms with Crippen LogP contribution in [0.4, 0.5) is 10.5 Å². The van der Waals surface area contributed by atoms with Crippen LogP contribution in [0.3, 0.4) is 0 Å². The molecule has 1 unspecified atom stereocenters. The van der Waals surface area contributed by atoms with Crippen molar-refractivity contribution in [1.29, 1.82) is 0 Å². The highest BCUT2D eigenvalue weighted by molar-refractivity contribution is 7.80. The summed E-state index contributed by atoms with van der Waals surface area (Å²) in [6, 6.07) is 8.09. The fourth-order valence-electron chi connectivity index (χ4n) is 4.91. The molecule has 2 saturated heterocycles. The van der Waals surface area contributed by atoms with Gasteiger partial charge in [-0.2, -0.15) is 12.6 Å². The van der Waals surface area contributed by atoms with Gasteiger partial charge in [0.1, 0.15) is 17.5 Å². The molecular weight excluding hydrogens is 432 g/mol. The Hall–Kier alpha value is -3.53. The number of likely N-dealkylation sites (tertiary alicyclic amines) is 1. The number of carbonyl (C=O) groups is 3. The summed E-state index contributed by atoms with van der Waals surface area (Å²) in [5, 5.41) is 21.6. The Labute approximate surface area is 188 Å². The Balaban J connectivity index is 1.42. The van der Waals surface area contributed by atoms with Crippen LogP contribution in [0.15, 0.2) is 60.1 Å². The van der Waals surface area contributed by atoms with Crippen molar-refractivity contribution in [2.75, 3.05) is 11.9 Å². The number of urea groups is 1. The van der Waals surface area contributed by atoms with E-state index in [2.05, 4.69) is 22.9 Å². The van der Waals surface area contributed by atoms with Crippen LogP contribution in [-0.4, -0.2) is 61.5 Å². The van der Waals surface area contributed by atoms with Gasteiger partial charge in [-0.05, 0) is 54.0 Å². The molecule has 164 valence electrons. The van der Waals surface area contributed by atoms with E-state index in [0.717, 1.165) is 5.56 Å². The second-order valence-electron chi connectivity index (χ2n) is 8.10. The van der Waals surface area contributed by atoms with E-state index in [1.165, 1.54) is 21.9 Å². The third-order valence-electron chi connectivity index (χ3n) is 6.32. The van der Waals surface area contributed by atoms with Gasteiger partial charge in [0, 0.05) is 30.5 Å². The van der Waals surface area contributed by atoms with Gasteiger partial charge in [-0.25, -0.2) is 9.59 Å². The van der Waals surface area contributed by atoms with Crippen molar-refractivity contribution in [3.63, 3.8) is 0 Å². The quantitative estimate of drug-likeness (QED) is 0.321. The molecular formula is C22H20N4O5S. The van der Waals surface area contributed by atoms with Crippen molar-refractivity contribution in [2.45, 2.75) is 23.8 Å². The number of rotatable bonds is 4. The molecule has 3 amide bonds. The third-order valence-corrected chi connectivity index (χ3v) is 6.93. The Kier molecular flexibility index (Phi) is 4.81. The summed E-state index contributed by atoms with van der Waals surface area (Å²) < 4.78 is 0. The van der Waals surface area contributed by atoms with Crippen LogP contribution in [0, 0.1) is 5.92 Å². The topological polar surface area (TPSA) is 123 Å². The van der Waals surface area contributed by atoms with Crippen LogP contribution < -0.4 is 5.32 Å². The number of aromatic hydroxyl groups is 1. The van der Waals surface area contributed by atoms with Gasteiger partial charge in [0.25, 0.3) is 5.91 Å². The van der Waals surface area contributed by atoms with Gasteiger partial charge >= 0.3 is 12.0 Å². The minimum Gasteiger partial charge on any atom is -0.508 e. The van der Waals surface area contributed by atoms with Gasteiger partial charge in [0.05, 0.1) is 11.3 Å². The molecule has 2 aromatic rings. The molecule has 3 N–H and O–H groups in total. The van der Waals surface area contributed by atoms with Crippen molar-refractivity contribution in [3.8, 4) is 5.75 Å². The first-order valence-electron chi connectivity index (χ1n) is 10.1. The van der Waals surface area contributed by atoms with E-state index < -0.39 is 29.2 Å². The number of hydrogen-bond acceptors (Lipinski definition) is 6. The number of thiol groups is 1. The summed E-state index contributed by atoms with van der Waals surface area (Å²) >= 11 is 4.67. The van der Waals surface area contributed by atoms with Crippen molar-refractivity contribution < 1.29 is 24.6 Å². The van der Waals surface area contributed by atoms with Gasteiger partial charge in [-0.15, -0.1) is 0 Å². The van der Waals surface area contributed by atoms with Crippen molar-refractivity contribution in [3.05, 3.63) is 65.6 Å². The SMILES string of the molecule is O=C(O)C1=C(C(S)c2ccncc2)C[C@@H]2CN(C(=O)Nc3ccc(O)cc3)[C@@H]3C(=O)N1[C@H]23. The first-order valence-corrected chi connectivity index (χ1v) is 10.6. The van der Waals surface area contributed by atoms with Crippen LogP contribution in [0.2, 0.25) is 0 Å². The lowest BCUT2D eigenvalue weighted by molar-refractivity contribution is -0.155. The van der Waals surface area contributed by atoms with E-state index in [-0.39, 0.29) is 23.4 Å². The number of benzene rings is 1. The Bertz CT molecular complexity index is 1140. The summed E-state index contributed by atoms with van der Waals surface area (Å²) in [7, 11) is 0. The summed E-state index contributed by atoms with van der Waals surface area (Å²) in [6.07, 6.45) is 3.65. The minimum atomic E-state index is -1.18. The number of aliphatic carboxylic acids is 1. The highest BCUT2D eigenvalue weighted by atomic mass is 32.1. The van der Waals surface area contributed by atoms with Crippen LogP contribution in [-0.2, 0) is 9.59 Å². The molecule has 2 fully saturated rings. The second-order valence-corrected chi connectivity index (χ2v) is 8.62. The Morgan fingerprint density at radius 2 is 1.84 bits per heavy atom. The lowest BCUT2D eigenvalue weighted by Gasteiger charge is -2.50. The Morgan fingerprint density at radius 3 is 2.50 bits per heavy atom. The monoisotopic (exact) mass is 452 g/mol. The smallest absolute Gasteiger partial charge is 0.352 e. The molecule has 0 spiro atoms. The summed E-state index contributed by atoms with van der Waals surface area (Å²) in [5.41, 5.74) is 1.80. The fourth-order valence-corrected chi connectivity index (χ4v) is 5.31.